The van der Waals surface area contributed by atoms with Crippen molar-refractivity contribution in [1.82, 2.24) is 14.8 Å². The van der Waals surface area contributed by atoms with Gasteiger partial charge < -0.3 is 10.5 Å². The van der Waals surface area contributed by atoms with E-state index in [-0.39, 0.29) is 11.4 Å². The number of ether oxygens (including phenoxy) is 1. The van der Waals surface area contributed by atoms with E-state index in [1.807, 2.05) is 0 Å². The Hall–Kier alpha value is -3.03. The lowest BCUT2D eigenvalue weighted by Crippen LogP contribution is -2.08. The molecule has 8 heteroatoms. The molecule has 0 bridgehead atoms. The van der Waals surface area contributed by atoms with Crippen molar-refractivity contribution in [3.63, 3.8) is 0 Å². The monoisotopic (exact) mass is 334 g/mol. The summed E-state index contributed by atoms with van der Waals surface area (Å²) in [5.74, 6) is 0.645. The average molecular weight is 334 g/mol. The Labute approximate surface area is 135 Å². The fourth-order valence-corrected chi connectivity index (χ4v) is 2.18. The summed E-state index contributed by atoms with van der Waals surface area (Å²) in [7, 11) is 1.79. The van der Waals surface area contributed by atoms with Crippen LogP contribution in [0.2, 0.25) is 0 Å². The number of hydrogen-bond donors (Lipinski definition) is 1. The third kappa shape index (κ3) is 3.32. The van der Waals surface area contributed by atoms with Gasteiger partial charge in [-0.25, -0.2) is 0 Å². The quantitative estimate of drug-likeness (QED) is 0.738. The van der Waals surface area contributed by atoms with Crippen LogP contribution in [-0.4, -0.2) is 14.8 Å². The molecule has 0 aliphatic heterocycles. The van der Waals surface area contributed by atoms with Crippen molar-refractivity contribution in [3.05, 3.63) is 54.5 Å². The number of nitrogen functional groups attached to an aromatic ring is 1. The molecule has 0 aliphatic carbocycles. The molecule has 24 heavy (non-hydrogen) atoms. The van der Waals surface area contributed by atoms with Crippen molar-refractivity contribution in [2.45, 2.75) is 6.18 Å². The molecule has 2 aromatic heterocycles. The van der Waals surface area contributed by atoms with Crippen LogP contribution in [0.1, 0.15) is 5.56 Å². The van der Waals surface area contributed by atoms with Crippen molar-refractivity contribution in [2.24, 2.45) is 7.05 Å². The van der Waals surface area contributed by atoms with E-state index in [0.29, 0.717) is 11.4 Å². The van der Waals surface area contributed by atoms with Gasteiger partial charge in [0.15, 0.2) is 0 Å². The van der Waals surface area contributed by atoms with Crippen molar-refractivity contribution in [3.8, 4) is 22.8 Å². The van der Waals surface area contributed by atoms with Crippen molar-refractivity contribution < 1.29 is 17.9 Å². The number of benzene rings is 1. The molecule has 2 heterocycles. The summed E-state index contributed by atoms with van der Waals surface area (Å²) >= 11 is 0. The lowest BCUT2D eigenvalue weighted by Gasteiger charge is -2.12. The minimum absolute atomic E-state index is 0.212. The molecule has 0 aliphatic rings. The van der Waals surface area contributed by atoms with E-state index in [9.17, 15) is 13.2 Å². The summed E-state index contributed by atoms with van der Waals surface area (Å²) in [5, 5.41) is 4.06. The summed E-state index contributed by atoms with van der Waals surface area (Å²) in [5.41, 5.74) is 5.63. The number of aromatic nitrogens is 3. The first-order valence-corrected chi connectivity index (χ1v) is 6.92. The average Bonchev–Trinajstić information content (AvgIpc) is 2.93. The largest absolute Gasteiger partial charge is 0.457 e. The van der Waals surface area contributed by atoms with Crippen LogP contribution in [-0.2, 0) is 13.2 Å². The third-order valence-corrected chi connectivity index (χ3v) is 3.30. The van der Waals surface area contributed by atoms with Crippen LogP contribution in [0.15, 0.2) is 48.9 Å². The number of alkyl halides is 3. The molecule has 0 atom stereocenters. The van der Waals surface area contributed by atoms with E-state index in [4.69, 9.17) is 10.5 Å². The van der Waals surface area contributed by atoms with Gasteiger partial charge in [0.05, 0.1) is 17.5 Å². The van der Waals surface area contributed by atoms with Gasteiger partial charge in [0.25, 0.3) is 0 Å². The highest BCUT2D eigenvalue weighted by Crippen LogP contribution is 2.36. The Bertz CT molecular complexity index is 874. The first-order chi connectivity index (χ1) is 11.3. The predicted molar refractivity (Wildman–Crippen MR) is 82.4 cm³/mol. The molecule has 1 aromatic carbocycles. The Balaban J connectivity index is 1.85. The van der Waals surface area contributed by atoms with E-state index in [2.05, 4.69) is 10.1 Å². The van der Waals surface area contributed by atoms with E-state index in [1.54, 1.807) is 42.5 Å². The maximum Gasteiger partial charge on any atom is 0.418 e. The van der Waals surface area contributed by atoms with Crippen molar-refractivity contribution >= 4 is 5.69 Å². The first kappa shape index (κ1) is 15.9. The molecular weight excluding hydrogens is 321 g/mol. The smallest absolute Gasteiger partial charge is 0.418 e. The second-order valence-electron chi connectivity index (χ2n) is 5.13. The molecule has 0 saturated carbocycles. The maximum atomic E-state index is 12.7. The number of anilines is 1. The summed E-state index contributed by atoms with van der Waals surface area (Å²) in [6.45, 7) is 0. The molecular formula is C16H13F3N4O. The predicted octanol–water partition coefficient (Wildman–Crippen LogP) is 3.88. The zero-order valence-corrected chi connectivity index (χ0v) is 12.6. The number of nitrogens with two attached hydrogens (primary N) is 1. The SMILES string of the molecule is Cn1cc(-c2cc(Oc3ccc(C(F)(F)F)c(N)c3)ccn2)cn1. The molecule has 124 valence electrons. The second-order valence-corrected chi connectivity index (χ2v) is 5.13. The van der Waals surface area contributed by atoms with Crippen LogP contribution in [0, 0.1) is 0 Å². The van der Waals surface area contributed by atoms with Gasteiger partial charge in [-0.1, -0.05) is 0 Å². The van der Waals surface area contributed by atoms with Crippen LogP contribution in [0.4, 0.5) is 18.9 Å². The summed E-state index contributed by atoms with van der Waals surface area (Å²) < 4.78 is 45.4. The topological polar surface area (TPSA) is 66.0 Å². The molecule has 0 spiro atoms. The lowest BCUT2D eigenvalue weighted by atomic mass is 10.1. The molecule has 5 nitrogen and oxygen atoms in total. The zero-order chi connectivity index (χ0) is 17.3. The fraction of sp³-hybridized carbons (Fsp3) is 0.125. The molecule has 3 rings (SSSR count). The number of hydrogen-bond acceptors (Lipinski definition) is 4. The second kappa shape index (κ2) is 5.88. The van der Waals surface area contributed by atoms with E-state index in [0.717, 1.165) is 17.7 Å². The van der Waals surface area contributed by atoms with Crippen molar-refractivity contribution in [2.75, 3.05) is 5.73 Å². The minimum atomic E-state index is -4.49. The van der Waals surface area contributed by atoms with Gasteiger partial charge >= 0.3 is 6.18 Å². The van der Waals surface area contributed by atoms with E-state index >= 15 is 0 Å². The number of pyridine rings is 1. The Morgan fingerprint density at radius 3 is 2.50 bits per heavy atom. The van der Waals surface area contributed by atoms with Crippen LogP contribution < -0.4 is 10.5 Å². The van der Waals surface area contributed by atoms with Crippen LogP contribution >= 0.6 is 0 Å². The minimum Gasteiger partial charge on any atom is -0.457 e. The molecule has 2 N–H and O–H groups in total. The normalized spacial score (nSPS) is 11.5. The Morgan fingerprint density at radius 1 is 1.12 bits per heavy atom. The number of aryl methyl sites for hydroxylation is 1. The van der Waals surface area contributed by atoms with Gasteiger partial charge in [-0.15, -0.1) is 0 Å². The van der Waals surface area contributed by atoms with Crippen LogP contribution in [0.25, 0.3) is 11.3 Å². The van der Waals surface area contributed by atoms with Gasteiger partial charge in [0.1, 0.15) is 11.5 Å². The number of halogens is 3. The fourth-order valence-electron chi connectivity index (χ4n) is 2.18. The molecule has 3 aromatic rings. The Morgan fingerprint density at radius 2 is 1.88 bits per heavy atom. The highest BCUT2D eigenvalue weighted by molar-refractivity contribution is 5.59. The van der Waals surface area contributed by atoms with Crippen molar-refractivity contribution in [1.29, 1.82) is 0 Å². The number of rotatable bonds is 3. The van der Waals surface area contributed by atoms with Crippen LogP contribution in [0.5, 0.6) is 11.5 Å². The van der Waals surface area contributed by atoms with E-state index in [1.165, 1.54) is 6.07 Å². The molecule has 0 radical (unpaired) electrons. The van der Waals surface area contributed by atoms with Gasteiger partial charge in [-0.2, -0.15) is 18.3 Å². The van der Waals surface area contributed by atoms with Gasteiger partial charge in [-0.3, -0.25) is 9.67 Å². The van der Waals surface area contributed by atoms with Gasteiger partial charge in [0, 0.05) is 42.8 Å². The molecule has 0 saturated heterocycles. The zero-order valence-electron chi connectivity index (χ0n) is 12.6. The number of nitrogens with zero attached hydrogens (tertiary/aromatic N) is 3. The summed E-state index contributed by atoms with van der Waals surface area (Å²) in [4.78, 5) is 4.22. The maximum absolute atomic E-state index is 12.7. The molecule has 0 unspecified atom stereocenters. The van der Waals surface area contributed by atoms with Crippen LogP contribution in [0.3, 0.4) is 0 Å². The highest BCUT2D eigenvalue weighted by Gasteiger charge is 2.32. The highest BCUT2D eigenvalue weighted by atomic mass is 19.4. The molecule has 0 amide bonds. The lowest BCUT2D eigenvalue weighted by molar-refractivity contribution is -0.136. The first-order valence-electron chi connectivity index (χ1n) is 6.92. The van der Waals surface area contributed by atoms with E-state index < -0.39 is 11.7 Å². The summed E-state index contributed by atoms with van der Waals surface area (Å²) in [6.07, 6.45) is 0.502. The van der Waals surface area contributed by atoms with Gasteiger partial charge in [0.2, 0.25) is 0 Å². The standard InChI is InChI=1S/C16H13F3N4O/c1-23-9-10(8-22-23)15-7-12(4-5-21-15)24-11-2-3-13(14(20)6-11)16(17,18)19/h2-9H,20H2,1H3. The third-order valence-electron chi connectivity index (χ3n) is 3.30. The van der Waals surface area contributed by atoms with Gasteiger partial charge in [-0.05, 0) is 18.2 Å². The Kier molecular flexibility index (Phi) is 3.88. The summed E-state index contributed by atoms with van der Waals surface area (Å²) in [6, 6.07) is 6.54. The molecule has 0 fully saturated rings.